The van der Waals surface area contributed by atoms with E-state index < -0.39 is 17.4 Å². The van der Waals surface area contributed by atoms with Gasteiger partial charge in [-0.2, -0.15) is 0 Å². The second-order valence-corrected chi connectivity index (χ2v) is 7.78. The van der Waals surface area contributed by atoms with Crippen LogP contribution >= 0.6 is 0 Å². The maximum absolute atomic E-state index is 13.4. The van der Waals surface area contributed by atoms with Crippen molar-refractivity contribution in [3.8, 4) is 5.69 Å². The molecule has 0 bridgehead atoms. The van der Waals surface area contributed by atoms with E-state index in [9.17, 15) is 14.4 Å². The van der Waals surface area contributed by atoms with Crippen LogP contribution in [0.5, 0.6) is 0 Å². The SMILES string of the molecule is CCOC(=O)c1cc(C(=O)Nc2ccc(C)cc2C)c(=O)n(-c2ccc(C)cc2C)c1N. The molecule has 2 aromatic carbocycles. The van der Waals surface area contributed by atoms with Crippen molar-refractivity contribution in [1.82, 2.24) is 4.57 Å². The number of amides is 1. The highest BCUT2D eigenvalue weighted by Gasteiger charge is 2.24. The lowest BCUT2D eigenvalue weighted by Gasteiger charge is -2.17. The van der Waals surface area contributed by atoms with Crippen LogP contribution in [-0.4, -0.2) is 23.1 Å². The second-order valence-electron chi connectivity index (χ2n) is 7.78. The molecule has 3 rings (SSSR count). The summed E-state index contributed by atoms with van der Waals surface area (Å²) in [5, 5.41) is 2.77. The lowest BCUT2D eigenvalue weighted by atomic mass is 10.1. The summed E-state index contributed by atoms with van der Waals surface area (Å²) in [5.74, 6) is -1.42. The van der Waals surface area contributed by atoms with Gasteiger partial charge in [0, 0.05) is 5.69 Å². The lowest BCUT2D eigenvalue weighted by Crippen LogP contribution is -2.32. The first kappa shape index (κ1) is 22.8. The van der Waals surface area contributed by atoms with Crippen LogP contribution < -0.4 is 16.6 Å². The van der Waals surface area contributed by atoms with Gasteiger partial charge in [0.05, 0.1) is 12.3 Å². The second kappa shape index (κ2) is 9.09. The molecule has 0 aliphatic carbocycles. The Morgan fingerprint density at radius 2 is 1.56 bits per heavy atom. The molecule has 7 nitrogen and oxygen atoms in total. The highest BCUT2D eigenvalue weighted by atomic mass is 16.5. The molecule has 0 saturated heterocycles. The number of hydrogen-bond acceptors (Lipinski definition) is 5. The Morgan fingerprint density at radius 1 is 0.938 bits per heavy atom. The molecule has 3 N–H and O–H groups in total. The highest BCUT2D eigenvalue weighted by Crippen LogP contribution is 2.23. The van der Waals surface area contributed by atoms with Gasteiger partial charge >= 0.3 is 5.97 Å². The Kier molecular flexibility index (Phi) is 6.48. The van der Waals surface area contributed by atoms with E-state index in [0.717, 1.165) is 22.3 Å². The van der Waals surface area contributed by atoms with E-state index in [4.69, 9.17) is 10.5 Å². The van der Waals surface area contributed by atoms with Gasteiger partial charge in [-0.15, -0.1) is 0 Å². The standard InChI is InChI=1S/C25H27N3O4/c1-6-32-25(31)18-13-19(23(29)27-20-9-7-14(2)11-16(20)4)24(30)28(22(18)26)21-10-8-15(3)12-17(21)5/h7-13H,6,26H2,1-5H3,(H,27,29). The van der Waals surface area contributed by atoms with Crippen molar-refractivity contribution in [3.63, 3.8) is 0 Å². The molecule has 1 amide bonds. The van der Waals surface area contributed by atoms with Crippen LogP contribution in [0.25, 0.3) is 5.69 Å². The normalized spacial score (nSPS) is 10.7. The van der Waals surface area contributed by atoms with Gasteiger partial charge in [-0.05, 0) is 63.9 Å². The van der Waals surface area contributed by atoms with Crippen molar-refractivity contribution in [2.75, 3.05) is 17.7 Å². The van der Waals surface area contributed by atoms with Crippen molar-refractivity contribution in [2.45, 2.75) is 34.6 Å². The number of nitrogens with zero attached hydrogens (tertiary/aromatic N) is 1. The topological polar surface area (TPSA) is 103 Å². The maximum Gasteiger partial charge on any atom is 0.341 e. The minimum atomic E-state index is -0.705. The average Bonchev–Trinajstić information content (AvgIpc) is 2.71. The molecule has 0 aliphatic rings. The fourth-order valence-corrected chi connectivity index (χ4v) is 3.60. The van der Waals surface area contributed by atoms with E-state index in [2.05, 4.69) is 5.32 Å². The molecule has 7 heteroatoms. The number of carbonyl (C=O) groups is 2. The molecule has 0 saturated carbocycles. The zero-order valence-electron chi connectivity index (χ0n) is 18.9. The Balaban J connectivity index is 2.21. The summed E-state index contributed by atoms with van der Waals surface area (Å²) in [6.45, 7) is 9.38. The number of carbonyl (C=O) groups excluding carboxylic acids is 2. The quantitative estimate of drug-likeness (QED) is 0.590. The Hall–Kier alpha value is -3.87. The van der Waals surface area contributed by atoms with Gasteiger partial charge in [-0.25, -0.2) is 4.79 Å². The fourth-order valence-electron chi connectivity index (χ4n) is 3.60. The van der Waals surface area contributed by atoms with Crippen molar-refractivity contribution >= 4 is 23.4 Å². The Labute approximate surface area is 186 Å². The molecule has 32 heavy (non-hydrogen) atoms. The minimum Gasteiger partial charge on any atom is -0.462 e. The van der Waals surface area contributed by atoms with Gasteiger partial charge in [0.2, 0.25) is 0 Å². The van der Waals surface area contributed by atoms with Crippen LogP contribution in [-0.2, 0) is 4.74 Å². The Bertz CT molecular complexity index is 1270. The van der Waals surface area contributed by atoms with Gasteiger partial charge in [0.25, 0.3) is 11.5 Å². The van der Waals surface area contributed by atoms with Crippen LogP contribution in [0, 0.1) is 27.7 Å². The predicted molar refractivity (Wildman–Crippen MR) is 126 cm³/mol. The number of pyridine rings is 1. The Morgan fingerprint density at radius 3 is 2.16 bits per heavy atom. The third-order valence-electron chi connectivity index (χ3n) is 5.20. The van der Waals surface area contributed by atoms with E-state index in [1.807, 2.05) is 52.0 Å². The first-order valence-electron chi connectivity index (χ1n) is 10.3. The summed E-state index contributed by atoms with van der Waals surface area (Å²) >= 11 is 0. The molecular weight excluding hydrogens is 406 g/mol. The van der Waals surface area contributed by atoms with Crippen molar-refractivity contribution in [2.24, 2.45) is 0 Å². The number of anilines is 2. The van der Waals surface area contributed by atoms with Crippen LogP contribution in [0.1, 0.15) is 49.9 Å². The lowest BCUT2D eigenvalue weighted by molar-refractivity contribution is 0.0527. The smallest absolute Gasteiger partial charge is 0.341 e. The van der Waals surface area contributed by atoms with Crippen LogP contribution in [0.4, 0.5) is 11.5 Å². The van der Waals surface area contributed by atoms with E-state index in [1.165, 1.54) is 10.6 Å². The van der Waals surface area contributed by atoms with Gasteiger partial charge < -0.3 is 15.8 Å². The van der Waals surface area contributed by atoms with Crippen molar-refractivity contribution in [3.05, 3.63) is 86.2 Å². The van der Waals surface area contributed by atoms with Gasteiger partial charge in [0.1, 0.15) is 16.9 Å². The van der Waals surface area contributed by atoms with Crippen LogP contribution in [0.15, 0.2) is 47.3 Å². The molecule has 0 unspecified atom stereocenters. The first-order valence-corrected chi connectivity index (χ1v) is 10.3. The number of nitrogens with two attached hydrogens (primary N) is 1. The summed E-state index contributed by atoms with van der Waals surface area (Å²) < 4.78 is 6.30. The molecule has 3 aromatic rings. The van der Waals surface area contributed by atoms with Gasteiger partial charge in [-0.3, -0.25) is 14.2 Å². The van der Waals surface area contributed by atoms with E-state index in [0.29, 0.717) is 11.4 Å². The predicted octanol–water partition coefficient (Wildman–Crippen LogP) is 4.08. The number of benzene rings is 2. The van der Waals surface area contributed by atoms with Crippen molar-refractivity contribution in [1.29, 1.82) is 0 Å². The molecule has 0 spiro atoms. The maximum atomic E-state index is 13.4. The van der Waals surface area contributed by atoms with Crippen molar-refractivity contribution < 1.29 is 14.3 Å². The number of esters is 1. The number of nitrogens with one attached hydrogen (secondary N) is 1. The third-order valence-corrected chi connectivity index (χ3v) is 5.20. The summed E-state index contributed by atoms with van der Waals surface area (Å²) in [5.41, 5.74) is 10.1. The number of rotatable bonds is 5. The third kappa shape index (κ3) is 4.42. The fraction of sp³-hybridized carbons (Fsp3) is 0.240. The molecule has 1 heterocycles. The van der Waals surface area contributed by atoms with Gasteiger partial charge in [0.15, 0.2) is 0 Å². The summed E-state index contributed by atoms with van der Waals surface area (Å²) in [6.07, 6.45) is 0. The van der Waals surface area contributed by atoms with E-state index in [1.54, 1.807) is 19.1 Å². The number of nitrogen functional groups attached to an aromatic ring is 1. The molecular formula is C25H27N3O4. The largest absolute Gasteiger partial charge is 0.462 e. The zero-order valence-corrected chi connectivity index (χ0v) is 18.9. The molecule has 0 fully saturated rings. The molecule has 0 atom stereocenters. The first-order chi connectivity index (χ1) is 15.1. The van der Waals surface area contributed by atoms with Crippen LogP contribution in [0.3, 0.4) is 0 Å². The number of ether oxygens (including phenoxy) is 1. The van der Waals surface area contributed by atoms with Gasteiger partial charge in [-0.1, -0.05) is 35.4 Å². The summed E-state index contributed by atoms with van der Waals surface area (Å²) in [6, 6.07) is 12.2. The number of aromatic nitrogens is 1. The molecule has 1 aromatic heterocycles. The van der Waals surface area contributed by atoms with E-state index in [-0.39, 0.29) is 23.6 Å². The van der Waals surface area contributed by atoms with Crippen LogP contribution in [0.2, 0.25) is 0 Å². The monoisotopic (exact) mass is 433 g/mol. The van der Waals surface area contributed by atoms with E-state index >= 15 is 0 Å². The molecule has 0 radical (unpaired) electrons. The summed E-state index contributed by atoms with van der Waals surface area (Å²) in [7, 11) is 0. The minimum absolute atomic E-state index is 0.0443. The summed E-state index contributed by atoms with van der Waals surface area (Å²) in [4.78, 5) is 39.1. The average molecular weight is 434 g/mol. The zero-order chi connectivity index (χ0) is 23.6. The molecule has 166 valence electrons. The highest BCUT2D eigenvalue weighted by molar-refractivity contribution is 6.06. The number of aryl methyl sites for hydroxylation is 4. The molecule has 0 aliphatic heterocycles. The number of hydrogen-bond donors (Lipinski definition) is 2.